The number of hydrogen-bond acceptors (Lipinski definition) is 4. The molecule has 0 saturated heterocycles. The fourth-order valence-corrected chi connectivity index (χ4v) is 1.67. The highest BCUT2D eigenvalue weighted by atomic mass is 19.4. The minimum absolute atomic E-state index is 0.0605. The lowest BCUT2D eigenvalue weighted by Gasteiger charge is -2.31. The van der Waals surface area contributed by atoms with E-state index in [1.54, 1.807) is 20.8 Å². The smallest absolute Gasteiger partial charge is 0.419 e. The highest BCUT2D eigenvalue weighted by molar-refractivity contribution is 5.74. The molecule has 0 aliphatic heterocycles. The minimum Gasteiger partial charge on any atom is -0.480 e. The van der Waals surface area contributed by atoms with E-state index in [1.807, 2.05) is 0 Å². The third-order valence-corrected chi connectivity index (χ3v) is 2.95. The SMILES string of the molecule is CC(C)(C)C(O)C(NCc1cc(C(F)(F)F)co1)C(=O)O. The molecular formula is C13H18F3NO4. The Kier molecular flexibility index (Phi) is 5.06. The molecule has 3 N–H and O–H groups in total. The maximum absolute atomic E-state index is 12.4. The highest BCUT2D eigenvalue weighted by Crippen LogP contribution is 2.30. The van der Waals surface area contributed by atoms with E-state index >= 15 is 0 Å². The number of halogens is 3. The van der Waals surface area contributed by atoms with Crippen LogP contribution in [0.3, 0.4) is 0 Å². The van der Waals surface area contributed by atoms with Gasteiger partial charge in [0.1, 0.15) is 18.1 Å². The van der Waals surface area contributed by atoms with Crippen LogP contribution in [0.4, 0.5) is 13.2 Å². The fraction of sp³-hybridized carbons (Fsp3) is 0.615. The number of carbonyl (C=O) groups is 1. The third kappa shape index (κ3) is 4.75. The van der Waals surface area contributed by atoms with Crippen molar-refractivity contribution in [3.63, 3.8) is 0 Å². The van der Waals surface area contributed by atoms with Gasteiger partial charge in [-0.3, -0.25) is 10.1 Å². The molecule has 120 valence electrons. The number of hydrogen-bond donors (Lipinski definition) is 3. The van der Waals surface area contributed by atoms with E-state index in [9.17, 15) is 23.1 Å². The van der Waals surface area contributed by atoms with Gasteiger partial charge >= 0.3 is 12.1 Å². The van der Waals surface area contributed by atoms with Crippen LogP contribution in [0.1, 0.15) is 32.1 Å². The van der Waals surface area contributed by atoms with Crippen molar-refractivity contribution in [3.8, 4) is 0 Å². The second-order valence-electron chi connectivity index (χ2n) is 5.81. The predicted molar refractivity (Wildman–Crippen MR) is 67.4 cm³/mol. The maximum atomic E-state index is 12.4. The van der Waals surface area contributed by atoms with Gasteiger partial charge in [0.15, 0.2) is 0 Å². The van der Waals surface area contributed by atoms with Gasteiger partial charge in [-0.15, -0.1) is 0 Å². The summed E-state index contributed by atoms with van der Waals surface area (Å²) in [7, 11) is 0. The first-order valence-electron chi connectivity index (χ1n) is 6.22. The number of carboxylic acid groups (broad SMARTS) is 1. The zero-order valence-electron chi connectivity index (χ0n) is 11.9. The first kappa shape index (κ1) is 17.5. The standard InChI is InChI=1S/C13H18F3NO4/c1-12(2,3)10(18)9(11(19)20)17-5-8-4-7(6-21-8)13(14,15)16/h4,6,9-10,17-18H,5H2,1-3H3,(H,19,20). The number of rotatable bonds is 5. The zero-order chi connectivity index (χ0) is 16.4. The molecule has 8 heteroatoms. The Morgan fingerprint density at radius 2 is 1.95 bits per heavy atom. The number of alkyl halides is 3. The molecule has 1 aromatic rings. The summed E-state index contributed by atoms with van der Waals surface area (Å²) in [4.78, 5) is 11.1. The lowest BCUT2D eigenvalue weighted by atomic mass is 9.84. The van der Waals surface area contributed by atoms with Crippen molar-refractivity contribution in [2.75, 3.05) is 0 Å². The molecule has 5 nitrogen and oxygen atoms in total. The molecule has 0 spiro atoms. The van der Waals surface area contributed by atoms with Crippen molar-refractivity contribution in [2.24, 2.45) is 5.41 Å². The van der Waals surface area contributed by atoms with E-state index in [1.165, 1.54) is 0 Å². The normalized spacial score (nSPS) is 15.8. The summed E-state index contributed by atoms with van der Waals surface area (Å²) >= 11 is 0. The number of aliphatic hydroxyl groups excluding tert-OH is 1. The number of aliphatic hydroxyl groups is 1. The van der Waals surface area contributed by atoms with Crippen molar-refractivity contribution in [2.45, 2.75) is 45.6 Å². The van der Waals surface area contributed by atoms with Gasteiger partial charge in [0.2, 0.25) is 0 Å². The Hall–Kier alpha value is -1.54. The van der Waals surface area contributed by atoms with Gasteiger partial charge in [-0.2, -0.15) is 13.2 Å². The van der Waals surface area contributed by atoms with Gasteiger partial charge in [0.25, 0.3) is 0 Å². The van der Waals surface area contributed by atoms with Crippen LogP contribution in [0, 0.1) is 5.41 Å². The van der Waals surface area contributed by atoms with E-state index in [0.29, 0.717) is 6.26 Å². The number of aliphatic carboxylic acids is 1. The summed E-state index contributed by atoms with van der Waals surface area (Å²) in [6.45, 7) is 4.73. The van der Waals surface area contributed by atoms with E-state index in [2.05, 4.69) is 5.32 Å². The molecule has 2 atom stereocenters. The summed E-state index contributed by atoms with van der Waals surface area (Å²) in [6.07, 6.45) is -5.17. The number of carboxylic acids is 1. The monoisotopic (exact) mass is 309 g/mol. The molecule has 0 amide bonds. The summed E-state index contributed by atoms with van der Waals surface area (Å²) < 4.78 is 41.9. The van der Waals surface area contributed by atoms with Gasteiger partial charge < -0.3 is 14.6 Å². The van der Waals surface area contributed by atoms with E-state index in [0.717, 1.165) is 6.07 Å². The molecule has 2 unspecified atom stereocenters. The summed E-state index contributed by atoms with van der Waals surface area (Å²) in [6, 6.07) is -0.528. The highest BCUT2D eigenvalue weighted by Gasteiger charge is 2.36. The molecule has 1 aromatic heterocycles. The zero-order valence-corrected chi connectivity index (χ0v) is 11.9. The van der Waals surface area contributed by atoms with Crippen LogP contribution in [-0.4, -0.2) is 28.3 Å². The van der Waals surface area contributed by atoms with Crippen LogP contribution in [0.5, 0.6) is 0 Å². The lowest BCUT2D eigenvalue weighted by molar-refractivity contribution is -0.145. The van der Waals surface area contributed by atoms with Gasteiger partial charge in [-0.05, 0) is 11.5 Å². The molecular weight excluding hydrogens is 291 g/mol. The Bertz CT molecular complexity index is 490. The van der Waals surface area contributed by atoms with Crippen LogP contribution in [0.2, 0.25) is 0 Å². The van der Waals surface area contributed by atoms with Crippen LogP contribution in [0.15, 0.2) is 16.7 Å². The Morgan fingerprint density at radius 1 is 1.38 bits per heavy atom. The Morgan fingerprint density at radius 3 is 2.33 bits per heavy atom. The summed E-state index contributed by atoms with van der Waals surface area (Å²) in [5.41, 5.74) is -1.64. The minimum atomic E-state index is -4.52. The number of furan rings is 1. The summed E-state index contributed by atoms with van der Waals surface area (Å²) in [5.74, 6) is -1.35. The Labute approximate surface area is 119 Å². The molecule has 21 heavy (non-hydrogen) atoms. The maximum Gasteiger partial charge on any atom is 0.419 e. The van der Waals surface area contributed by atoms with Crippen molar-refractivity contribution < 1.29 is 32.6 Å². The average Bonchev–Trinajstić information content (AvgIpc) is 2.75. The molecule has 0 fully saturated rings. The molecule has 0 aliphatic carbocycles. The van der Waals surface area contributed by atoms with Crippen molar-refractivity contribution in [1.82, 2.24) is 5.32 Å². The molecule has 0 bridgehead atoms. The first-order valence-corrected chi connectivity index (χ1v) is 6.22. The Balaban J connectivity index is 2.75. The van der Waals surface area contributed by atoms with Crippen LogP contribution in [-0.2, 0) is 17.5 Å². The molecule has 0 aromatic carbocycles. The van der Waals surface area contributed by atoms with Crippen molar-refractivity contribution in [1.29, 1.82) is 0 Å². The average molecular weight is 309 g/mol. The van der Waals surface area contributed by atoms with E-state index in [4.69, 9.17) is 9.52 Å². The van der Waals surface area contributed by atoms with Crippen LogP contribution < -0.4 is 5.32 Å². The third-order valence-electron chi connectivity index (χ3n) is 2.95. The van der Waals surface area contributed by atoms with Crippen LogP contribution >= 0.6 is 0 Å². The van der Waals surface area contributed by atoms with Gasteiger partial charge in [0.05, 0.1) is 18.2 Å². The fourth-order valence-electron chi connectivity index (χ4n) is 1.67. The lowest BCUT2D eigenvalue weighted by Crippen LogP contribution is -2.51. The van der Waals surface area contributed by atoms with E-state index in [-0.39, 0.29) is 12.3 Å². The van der Waals surface area contributed by atoms with Gasteiger partial charge in [-0.1, -0.05) is 20.8 Å². The molecule has 0 aliphatic rings. The largest absolute Gasteiger partial charge is 0.480 e. The molecule has 1 rings (SSSR count). The molecule has 1 heterocycles. The quantitative estimate of drug-likeness (QED) is 0.777. The van der Waals surface area contributed by atoms with Crippen molar-refractivity contribution in [3.05, 3.63) is 23.7 Å². The van der Waals surface area contributed by atoms with Gasteiger partial charge in [0, 0.05) is 0 Å². The van der Waals surface area contributed by atoms with E-state index < -0.39 is 35.3 Å². The summed E-state index contributed by atoms with van der Waals surface area (Å²) in [5, 5.41) is 21.6. The molecule has 0 radical (unpaired) electrons. The first-order chi connectivity index (χ1) is 9.43. The second kappa shape index (κ2) is 6.07. The second-order valence-corrected chi connectivity index (χ2v) is 5.81. The predicted octanol–water partition coefficient (Wildman–Crippen LogP) is 2.25. The van der Waals surface area contributed by atoms with Crippen molar-refractivity contribution >= 4 is 5.97 Å². The topological polar surface area (TPSA) is 82.7 Å². The van der Waals surface area contributed by atoms with Gasteiger partial charge in [-0.25, -0.2) is 0 Å². The number of nitrogens with one attached hydrogen (secondary N) is 1. The van der Waals surface area contributed by atoms with Crippen LogP contribution in [0.25, 0.3) is 0 Å². The molecule has 0 saturated carbocycles.